The van der Waals surface area contributed by atoms with Crippen LogP contribution in [-0.2, 0) is 0 Å². The highest BCUT2D eigenvalue weighted by Crippen LogP contribution is 2.19. The Labute approximate surface area is 182 Å². The highest BCUT2D eigenvalue weighted by Gasteiger charge is 2.08. The Morgan fingerprint density at radius 1 is 0.625 bits per heavy atom. The van der Waals surface area contributed by atoms with Crippen LogP contribution in [0.5, 0.6) is 0 Å². The first-order valence-electron chi connectivity index (χ1n) is 9.95. The van der Waals surface area contributed by atoms with Crippen LogP contribution in [0.15, 0.2) is 85.8 Å². The van der Waals surface area contributed by atoms with Gasteiger partial charge in [0.15, 0.2) is 11.2 Å². The molecule has 2 N–H and O–H groups in total. The lowest BCUT2D eigenvalue weighted by Gasteiger charge is -2.04. The van der Waals surface area contributed by atoms with Crippen LogP contribution >= 0.6 is 0 Å². The Morgan fingerprint density at radius 2 is 1.09 bits per heavy atom. The van der Waals surface area contributed by atoms with Crippen molar-refractivity contribution in [2.24, 2.45) is 10.2 Å². The third-order valence-electron chi connectivity index (χ3n) is 4.72. The summed E-state index contributed by atoms with van der Waals surface area (Å²) in [6.07, 6.45) is 0. The zero-order valence-electron chi connectivity index (χ0n) is 17.4. The number of oxazole rings is 2. The second kappa shape index (κ2) is 8.31. The molecule has 0 unspecified atom stereocenters. The zero-order chi connectivity index (χ0) is 21.9. The van der Waals surface area contributed by atoms with E-state index in [9.17, 15) is 0 Å². The highest BCUT2D eigenvalue weighted by atomic mass is 16.4. The second-order valence-electron chi connectivity index (χ2n) is 7.00. The van der Waals surface area contributed by atoms with Gasteiger partial charge in [-0.15, -0.1) is 0 Å². The number of anilines is 2. The van der Waals surface area contributed by atoms with Crippen molar-refractivity contribution in [2.45, 2.75) is 13.8 Å². The van der Waals surface area contributed by atoms with Crippen LogP contribution in [0.1, 0.15) is 25.2 Å². The average molecular weight is 425 g/mol. The van der Waals surface area contributed by atoms with Crippen LogP contribution < -0.4 is 10.9 Å². The van der Waals surface area contributed by atoms with E-state index in [1.54, 1.807) is 0 Å². The lowest BCUT2D eigenvalue weighted by Crippen LogP contribution is -2.08. The summed E-state index contributed by atoms with van der Waals surface area (Å²) in [5.41, 5.74) is 11.4. The van der Waals surface area contributed by atoms with E-state index >= 15 is 0 Å². The Morgan fingerprint density at radius 3 is 1.56 bits per heavy atom. The standard InChI is InChI=1S/C23H19N7O2/c1-14(27-29-22-25-18-8-3-5-12-20(18)31-22)16-10-7-11-17(24-16)15(2)28-30-23-26-19-9-4-6-13-21(19)32-23/h3-13H,1-2H3,(H,25,29)(H,26,30). The van der Waals surface area contributed by atoms with Crippen molar-refractivity contribution in [3.63, 3.8) is 0 Å². The average Bonchev–Trinajstić information content (AvgIpc) is 3.44. The lowest BCUT2D eigenvalue weighted by atomic mass is 10.2. The van der Waals surface area contributed by atoms with Gasteiger partial charge >= 0.3 is 12.0 Å². The third kappa shape index (κ3) is 4.04. The number of hydrogen-bond donors (Lipinski definition) is 2. The van der Waals surface area contributed by atoms with Gasteiger partial charge in [-0.25, -0.2) is 15.8 Å². The summed E-state index contributed by atoms with van der Waals surface area (Å²) in [6, 6.07) is 21.3. The van der Waals surface area contributed by atoms with Crippen molar-refractivity contribution >= 4 is 45.7 Å². The van der Waals surface area contributed by atoms with Crippen molar-refractivity contribution in [1.29, 1.82) is 0 Å². The molecule has 0 amide bonds. The molecule has 5 aromatic rings. The summed E-state index contributed by atoms with van der Waals surface area (Å²) in [4.78, 5) is 13.3. The van der Waals surface area contributed by atoms with E-state index in [0.717, 1.165) is 11.0 Å². The topological polar surface area (TPSA) is 114 Å². The number of para-hydroxylation sites is 4. The summed E-state index contributed by atoms with van der Waals surface area (Å²) in [6.45, 7) is 3.70. The van der Waals surface area contributed by atoms with Gasteiger partial charge in [0.2, 0.25) is 0 Å². The second-order valence-corrected chi connectivity index (χ2v) is 7.00. The first-order chi connectivity index (χ1) is 15.7. The highest BCUT2D eigenvalue weighted by molar-refractivity contribution is 6.01. The molecule has 3 aromatic heterocycles. The van der Waals surface area contributed by atoms with Crippen molar-refractivity contribution in [3.8, 4) is 0 Å². The van der Waals surface area contributed by atoms with E-state index in [4.69, 9.17) is 8.83 Å². The van der Waals surface area contributed by atoms with Gasteiger partial charge in [-0.2, -0.15) is 20.2 Å². The quantitative estimate of drug-likeness (QED) is 0.289. The van der Waals surface area contributed by atoms with Crippen molar-refractivity contribution in [3.05, 3.63) is 78.1 Å². The van der Waals surface area contributed by atoms with Gasteiger partial charge in [-0.1, -0.05) is 30.3 Å². The Balaban J connectivity index is 1.31. The van der Waals surface area contributed by atoms with Gasteiger partial charge in [-0.3, -0.25) is 0 Å². The van der Waals surface area contributed by atoms with Crippen LogP contribution in [0.3, 0.4) is 0 Å². The first kappa shape index (κ1) is 19.4. The maximum Gasteiger partial charge on any atom is 0.316 e. The van der Waals surface area contributed by atoms with E-state index in [1.165, 1.54) is 0 Å². The molecule has 32 heavy (non-hydrogen) atoms. The molecule has 5 rings (SSSR count). The molecule has 0 saturated carbocycles. The van der Waals surface area contributed by atoms with Gasteiger partial charge in [-0.05, 0) is 50.2 Å². The number of aromatic nitrogens is 3. The minimum atomic E-state index is 0.321. The number of hydrazone groups is 2. The molecule has 9 nitrogen and oxygen atoms in total. The molecule has 0 atom stereocenters. The van der Waals surface area contributed by atoms with Crippen LogP contribution in [0, 0.1) is 0 Å². The van der Waals surface area contributed by atoms with Gasteiger partial charge < -0.3 is 8.83 Å². The predicted molar refractivity (Wildman–Crippen MR) is 124 cm³/mol. The maximum atomic E-state index is 5.62. The fourth-order valence-corrected chi connectivity index (χ4v) is 3.06. The van der Waals surface area contributed by atoms with E-state index in [0.29, 0.717) is 46.0 Å². The molecule has 0 spiro atoms. The van der Waals surface area contributed by atoms with E-state index < -0.39 is 0 Å². The lowest BCUT2D eigenvalue weighted by molar-refractivity contribution is 0.616. The third-order valence-corrected chi connectivity index (χ3v) is 4.72. The number of hydrogen-bond acceptors (Lipinski definition) is 9. The normalized spacial score (nSPS) is 12.4. The number of pyridine rings is 1. The molecule has 158 valence electrons. The Bertz CT molecular complexity index is 1290. The van der Waals surface area contributed by atoms with Crippen LogP contribution in [0.4, 0.5) is 12.0 Å². The van der Waals surface area contributed by atoms with E-state index in [1.807, 2.05) is 80.6 Å². The number of nitrogens with zero attached hydrogens (tertiary/aromatic N) is 5. The van der Waals surface area contributed by atoms with Crippen LogP contribution in [0.2, 0.25) is 0 Å². The smallest absolute Gasteiger partial charge is 0.316 e. The predicted octanol–water partition coefficient (Wildman–Crippen LogP) is 5.04. The SMILES string of the molecule is CC(=NNc1nc2ccccc2o1)c1cccc(C(C)=NNc2nc3ccccc3o2)n1. The molecule has 0 bridgehead atoms. The van der Waals surface area contributed by atoms with Crippen LogP contribution in [0.25, 0.3) is 22.2 Å². The van der Waals surface area contributed by atoms with Crippen molar-refractivity contribution < 1.29 is 8.83 Å². The molecule has 0 saturated heterocycles. The fraction of sp³-hybridized carbons (Fsp3) is 0.0870. The number of rotatable bonds is 6. The molecule has 0 aliphatic heterocycles. The summed E-state index contributed by atoms with van der Waals surface area (Å²) < 4.78 is 11.2. The molecule has 2 aromatic carbocycles. The molecule has 0 fully saturated rings. The summed E-state index contributed by atoms with van der Waals surface area (Å²) in [5.74, 6) is 0. The maximum absolute atomic E-state index is 5.62. The first-order valence-corrected chi connectivity index (χ1v) is 9.95. The molecule has 0 aliphatic rings. The molecular weight excluding hydrogens is 406 g/mol. The zero-order valence-corrected chi connectivity index (χ0v) is 17.4. The van der Waals surface area contributed by atoms with Gasteiger partial charge in [0.1, 0.15) is 11.0 Å². The van der Waals surface area contributed by atoms with Crippen LogP contribution in [-0.4, -0.2) is 26.4 Å². The Kier molecular flexibility index (Phi) is 5.04. The fourth-order valence-electron chi connectivity index (χ4n) is 3.06. The number of fused-ring (bicyclic) bond motifs is 2. The largest absolute Gasteiger partial charge is 0.422 e. The van der Waals surface area contributed by atoms with Gasteiger partial charge in [0, 0.05) is 0 Å². The summed E-state index contributed by atoms with van der Waals surface area (Å²) >= 11 is 0. The minimum absolute atomic E-state index is 0.321. The minimum Gasteiger partial charge on any atom is -0.422 e. The van der Waals surface area contributed by atoms with E-state index in [2.05, 4.69) is 36.0 Å². The number of nitrogens with one attached hydrogen (secondary N) is 2. The van der Waals surface area contributed by atoms with Crippen molar-refractivity contribution in [1.82, 2.24) is 15.0 Å². The molecule has 9 heteroatoms. The summed E-state index contributed by atoms with van der Waals surface area (Å²) in [5, 5.41) is 8.69. The Hall–Kier alpha value is -4.53. The van der Waals surface area contributed by atoms with Gasteiger partial charge in [0.05, 0.1) is 22.8 Å². The monoisotopic (exact) mass is 425 g/mol. The molecule has 3 heterocycles. The van der Waals surface area contributed by atoms with Gasteiger partial charge in [0.25, 0.3) is 0 Å². The summed E-state index contributed by atoms with van der Waals surface area (Å²) in [7, 11) is 0. The van der Waals surface area contributed by atoms with E-state index in [-0.39, 0.29) is 0 Å². The molecule has 0 aliphatic carbocycles. The number of benzene rings is 2. The molecular formula is C23H19N7O2. The molecule has 0 radical (unpaired) electrons. The van der Waals surface area contributed by atoms with Crippen molar-refractivity contribution in [2.75, 3.05) is 10.9 Å².